The van der Waals surface area contributed by atoms with Crippen molar-refractivity contribution in [1.29, 1.82) is 0 Å². The predicted octanol–water partition coefficient (Wildman–Crippen LogP) is 3.67. The number of ether oxygens (including phenoxy) is 1. The van der Waals surface area contributed by atoms with E-state index in [0.29, 0.717) is 6.42 Å². The number of rotatable bonds is 5. The number of hydrogen-bond acceptors (Lipinski definition) is 2. The van der Waals surface area contributed by atoms with E-state index in [1.807, 2.05) is 67.6 Å². The molecule has 0 aliphatic carbocycles. The molecule has 2 atom stereocenters. The van der Waals surface area contributed by atoms with Crippen molar-refractivity contribution in [1.82, 2.24) is 0 Å². The van der Waals surface area contributed by atoms with Crippen molar-refractivity contribution in [3.63, 3.8) is 0 Å². The average molecular weight is 256 g/mol. The number of aliphatic hydroxyl groups is 1. The van der Waals surface area contributed by atoms with Crippen LogP contribution in [0.1, 0.15) is 30.6 Å². The summed E-state index contributed by atoms with van der Waals surface area (Å²) < 4.78 is 5.60. The second-order valence-corrected chi connectivity index (χ2v) is 4.67. The molecule has 0 unspecified atom stereocenters. The minimum absolute atomic E-state index is 0.374. The van der Waals surface area contributed by atoms with Gasteiger partial charge in [0, 0.05) is 7.11 Å². The Morgan fingerprint density at radius 3 is 2.00 bits per heavy atom. The van der Waals surface area contributed by atoms with Crippen LogP contribution in [-0.4, -0.2) is 12.2 Å². The second-order valence-electron chi connectivity index (χ2n) is 4.67. The lowest BCUT2D eigenvalue weighted by Gasteiger charge is -2.35. The first-order valence-electron chi connectivity index (χ1n) is 6.58. The van der Waals surface area contributed by atoms with Gasteiger partial charge >= 0.3 is 0 Å². The van der Waals surface area contributed by atoms with Crippen LogP contribution in [0.25, 0.3) is 0 Å². The average Bonchev–Trinajstić information content (AvgIpc) is 2.49. The van der Waals surface area contributed by atoms with Crippen LogP contribution in [0.2, 0.25) is 0 Å². The Morgan fingerprint density at radius 1 is 1.00 bits per heavy atom. The van der Waals surface area contributed by atoms with Gasteiger partial charge in [0.2, 0.25) is 0 Å². The number of methoxy groups -OCH3 is 1. The summed E-state index contributed by atoms with van der Waals surface area (Å²) in [5.74, 6) is 0. The van der Waals surface area contributed by atoms with Crippen LogP contribution < -0.4 is 0 Å². The van der Waals surface area contributed by atoms with E-state index >= 15 is 0 Å². The third kappa shape index (κ3) is 2.70. The molecule has 2 heteroatoms. The molecule has 0 saturated carbocycles. The quantitative estimate of drug-likeness (QED) is 0.884. The summed E-state index contributed by atoms with van der Waals surface area (Å²) in [6.45, 7) is 1.97. The molecule has 0 bridgehead atoms. The molecular formula is C17H20O2. The minimum atomic E-state index is -1.02. The predicted molar refractivity (Wildman–Crippen MR) is 76.8 cm³/mol. The van der Waals surface area contributed by atoms with E-state index in [0.717, 1.165) is 11.1 Å². The van der Waals surface area contributed by atoms with Crippen LogP contribution >= 0.6 is 0 Å². The molecule has 2 aromatic carbocycles. The van der Waals surface area contributed by atoms with E-state index in [-0.39, 0.29) is 6.10 Å². The molecule has 0 saturated heterocycles. The van der Waals surface area contributed by atoms with Gasteiger partial charge in [-0.15, -0.1) is 0 Å². The molecule has 0 fully saturated rings. The van der Waals surface area contributed by atoms with Gasteiger partial charge in [0.1, 0.15) is 11.7 Å². The normalized spacial score (nSPS) is 15.7. The molecule has 2 nitrogen and oxygen atoms in total. The Labute approximate surface area is 114 Å². The van der Waals surface area contributed by atoms with Gasteiger partial charge in [-0.25, -0.2) is 0 Å². The van der Waals surface area contributed by atoms with E-state index in [9.17, 15) is 5.11 Å². The van der Waals surface area contributed by atoms with Gasteiger partial charge in [0.15, 0.2) is 0 Å². The molecule has 0 amide bonds. The fourth-order valence-electron chi connectivity index (χ4n) is 2.50. The molecule has 100 valence electrons. The summed E-state index contributed by atoms with van der Waals surface area (Å²) in [4.78, 5) is 0. The van der Waals surface area contributed by atoms with Crippen molar-refractivity contribution in [2.75, 3.05) is 7.11 Å². The molecule has 0 heterocycles. The van der Waals surface area contributed by atoms with Crippen LogP contribution in [0.4, 0.5) is 0 Å². The largest absolute Gasteiger partial charge is 0.382 e. The Balaban J connectivity index is 2.44. The monoisotopic (exact) mass is 256 g/mol. The molecule has 2 aromatic rings. The first kappa shape index (κ1) is 13.8. The van der Waals surface area contributed by atoms with Crippen LogP contribution in [-0.2, 0) is 10.3 Å². The Kier molecular flexibility index (Phi) is 4.35. The van der Waals surface area contributed by atoms with E-state index in [1.54, 1.807) is 7.11 Å². The van der Waals surface area contributed by atoms with Crippen molar-refractivity contribution >= 4 is 0 Å². The highest BCUT2D eigenvalue weighted by molar-refractivity contribution is 5.29. The first-order chi connectivity index (χ1) is 9.22. The van der Waals surface area contributed by atoms with E-state index < -0.39 is 5.60 Å². The third-order valence-electron chi connectivity index (χ3n) is 3.58. The lowest BCUT2D eigenvalue weighted by molar-refractivity contribution is -0.104. The molecule has 1 N–H and O–H groups in total. The standard InChI is InChI=1S/C17H20O2/c1-3-17(18,15-12-8-5-9-13-15)16(19-2)14-10-6-4-7-11-14/h4-13,16,18H,3H2,1-2H3/t16-,17+/m0/s1. The fraction of sp³-hybridized carbons (Fsp3) is 0.294. The minimum Gasteiger partial charge on any atom is -0.382 e. The van der Waals surface area contributed by atoms with Gasteiger partial charge in [0.25, 0.3) is 0 Å². The van der Waals surface area contributed by atoms with Crippen molar-refractivity contribution in [2.24, 2.45) is 0 Å². The van der Waals surface area contributed by atoms with Gasteiger partial charge in [0.05, 0.1) is 0 Å². The topological polar surface area (TPSA) is 29.5 Å². The van der Waals surface area contributed by atoms with Gasteiger partial charge in [-0.2, -0.15) is 0 Å². The second kappa shape index (κ2) is 6.00. The molecule has 0 aliphatic heterocycles. The Hall–Kier alpha value is -1.64. The summed E-state index contributed by atoms with van der Waals surface area (Å²) in [6.07, 6.45) is 0.214. The van der Waals surface area contributed by atoms with Crippen molar-refractivity contribution < 1.29 is 9.84 Å². The maximum absolute atomic E-state index is 11.1. The zero-order chi connectivity index (χ0) is 13.7. The van der Waals surface area contributed by atoms with E-state index in [1.165, 1.54) is 0 Å². The lowest BCUT2D eigenvalue weighted by atomic mass is 9.82. The highest BCUT2D eigenvalue weighted by Gasteiger charge is 2.38. The summed E-state index contributed by atoms with van der Waals surface area (Å²) in [7, 11) is 1.64. The zero-order valence-corrected chi connectivity index (χ0v) is 11.4. The smallest absolute Gasteiger partial charge is 0.120 e. The van der Waals surface area contributed by atoms with Gasteiger partial charge in [-0.3, -0.25) is 0 Å². The highest BCUT2D eigenvalue weighted by atomic mass is 16.5. The SMILES string of the molecule is CC[C@@](O)(c1ccccc1)[C@@H](OC)c1ccccc1. The maximum atomic E-state index is 11.1. The maximum Gasteiger partial charge on any atom is 0.120 e. The molecule has 19 heavy (non-hydrogen) atoms. The van der Waals surface area contributed by atoms with Gasteiger partial charge in [-0.05, 0) is 17.5 Å². The van der Waals surface area contributed by atoms with Crippen LogP contribution in [0.15, 0.2) is 60.7 Å². The molecule has 0 aromatic heterocycles. The first-order valence-corrected chi connectivity index (χ1v) is 6.58. The van der Waals surface area contributed by atoms with Gasteiger partial charge in [-0.1, -0.05) is 67.6 Å². The zero-order valence-electron chi connectivity index (χ0n) is 11.4. The van der Waals surface area contributed by atoms with E-state index in [4.69, 9.17) is 4.74 Å². The number of hydrogen-bond donors (Lipinski definition) is 1. The van der Waals surface area contributed by atoms with Crippen LogP contribution in [0.3, 0.4) is 0 Å². The molecular weight excluding hydrogens is 236 g/mol. The summed E-state index contributed by atoms with van der Waals surface area (Å²) >= 11 is 0. The number of benzene rings is 2. The van der Waals surface area contributed by atoms with Crippen molar-refractivity contribution in [3.05, 3.63) is 71.8 Å². The fourth-order valence-corrected chi connectivity index (χ4v) is 2.50. The highest BCUT2D eigenvalue weighted by Crippen LogP contribution is 2.39. The molecule has 0 radical (unpaired) electrons. The van der Waals surface area contributed by atoms with Crippen LogP contribution in [0.5, 0.6) is 0 Å². The lowest BCUT2D eigenvalue weighted by Crippen LogP contribution is -2.34. The summed E-state index contributed by atoms with van der Waals surface area (Å²) in [6, 6.07) is 19.6. The third-order valence-corrected chi connectivity index (χ3v) is 3.58. The summed E-state index contributed by atoms with van der Waals surface area (Å²) in [5.41, 5.74) is 0.851. The van der Waals surface area contributed by atoms with Gasteiger partial charge < -0.3 is 9.84 Å². The van der Waals surface area contributed by atoms with Crippen molar-refractivity contribution in [3.8, 4) is 0 Å². The van der Waals surface area contributed by atoms with E-state index in [2.05, 4.69) is 0 Å². The summed E-state index contributed by atoms with van der Waals surface area (Å²) in [5, 5.41) is 11.1. The molecule has 0 aliphatic rings. The van der Waals surface area contributed by atoms with Crippen molar-refractivity contribution in [2.45, 2.75) is 25.0 Å². The Bertz CT molecular complexity index is 495. The molecule has 0 spiro atoms. The molecule has 2 rings (SSSR count). The Morgan fingerprint density at radius 2 is 1.53 bits per heavy atom. The van der Waals surface area contributed by atoms with Crippen LogP contribution in [0, 0.1) is 0 Å².